The van der Waals surface area contributed by atoms with E-state index in [1.165, 1.54) is 5.56 Å². The molecule has 4 nitrogen and oxygen atoms in total. The molecule has 21 heavy (non-hydrogen) atoms. The summed E-state index contributed by atoms with van der Waals surface area (Å²) in [4.78, 5) is 9.38. The fraction of sp³-hybridized carbons (Fsp3) is 0.500. The molecule has 0 aliphatic carbocycles. The molecule has 0 spiro atoms. The first-order chi connectivity index (χ1) is 9.82. The van der Waals surface area contributed by atoms with Gasteiger partial charge in [0.1, 0.15) is 17.5 Å². The molecule has 2 rings (SSSR count). The molecule has 0 radical (unpaired) electrons. The standard InChI is InChI=1S/C16H24N4S/c1-10-13(17-6)19-15(16(3,4)5)20-14(10)18-11(2)12-7-8-21-9-12/h7-9,11H,1-6H3,(H2,17,18,19,20). The summed E-state index contributed by atoms with van der Waals surface area (Å²) in [6, 6.07) is 2.37. The summed E-state index contributed by atoms with van der Waals surface area (Å²) in [5, 5.41) is 10.9. The first-order valence-corrected chi connectivity index (χ1v) is 8.12. The lowest BCUT2D eigenvalue weighted by Gasteiger charge is -2.22. The summed E-state index contributed by atoms with van der Waals surface area (Å²) < 4.78 is 0. The monoisotopic (exact) mass is 304 g/mol. The molecule has 0 saturated heterocycles. The van der Waals surface area contributed by atoms with Crippen molar-refractivity contribution in [3.8, 4) is 0 Å². The third kappa shape index (κ3) is 3.53. The molecule has 114 valence electrons. The van der Waals surface area contributed by atoms with Crippen molar-refractivity contribution in [1.82, 2.24) is 9.97 Å². The van der Waals surface area contributed by atoms with E-state index >= 15 is 0 Å². The molecule has 0 saturated carbocycles. The minimum atomic E-state index is -0.0820. The number of anilines is 2. The fourth-order valence-corrected chi connectivity index (χ4v) is 2.80. The lowest BCUT2D eigenvalue weighted by atomic mass is 9.95. The normalized spacial score (nSPS) is 13.0. The number of rotatable bonds is 4. The van der Waals surface area contributed by atoms with Gasteiger partial charge in [0.15, 0.2) is 0 Å². The van der Waals surface area contributed by atoms with Crippen molar-refractivity contribution in [2.75, 3.05) is 17.7 Å². The third-order valence-corrected chi connectivity index (χ3v) is 4.15. The van der Waals surface area contributed by atoms with Gasteiger partial charge in [0.05, 0.1) is 6.04 Å². The highest BCUT2D eigenvalue weighted by atomic mass is 32.1. The van der Waals surface area contributed by atoms with Crippen LogP contribution in [0.5, 0.6) is 0 Å². The van der Waals surface area contributed by atoms with E-state index in [9.17, 15) is 0 Å². The van der Waals surface area contributed by atoms with Crippen molar-refractivity contribution < 1.29 is 0 Å². The minimum absolute atomic E-state index is 0.0820. The van der Waals surface area contributed by atoms with E-state index in [0.29, 0.717) is 0 Å². The summed E-state index contributed by atoms with van der Waals surface area (Å²) in [5.41, 5.74) is 2.25. The second-order valence-electron chi connectivity index (χ2n) is 6.29. The molecule has 0 bridgehead atoms. The Morgan fingerprint density at radius 3 is 2.38 bits per heavy atom. The summed E-state index contributed by atoms with van der Waals surface area (Å²) in [6.07, 6.45) is 0. The SMILES string of the molecule is CNc1nc(C(C)(C)C)nc(NC(C)c2ccsc2)c1C. The number of thiophene rings is 1. The quantitative estimate of drug-likeness (QED) is 0.881. The van der Waals surface area contributed by atoms with Crippen LogP contribution < -0.4 is 10.6 Å². The number of nitrogens with zero attached hydrogens (tertiary/aromatic N) is 2. The van der Waals surface area contributed by atoms with E-state index in [1.54, 1.807) is 11.3 Å². The molecule has 5 heteroatoms. The predicted octanol–water partition coefficient (Wildman–Crippen LogP) is 4.36. The van der Waals surface area contributed by atoms with E-state index in [2.05, 4.69) is 60.1 Å². The number of aromatic nitrogens is 2. The molecule has 0 aliphatic heterocycles. The highest BCUT2D eigenvalue weighted by Crippen LogP contribution is 2.28. The molecule has 2 heterocycles. The first-order valence-electron chi connectivity index (χ1n) is 7.18. The van der Waals surface area contributed by atoms with Crippen LogP contribution in [0.1, 0.15) is 50.7 Å². The Labute approximate surface area is 131 Å². The van der Waals surface area contributed by atoms with Crippen molar-refractivity contribution >= 4 is 23.0 Å². The molecular weight excluding hydrogens is 280 g/mol. The zero-order valence-corrected chi connectivity index (χ0v) is 14.4. The van der Waals surface area contributed by atoms with Gasteiger partial charge < -0.3 is 10.6 Å². The van der Waals surface area contributed by atoms with Gasteiger partial charge in [-0.3, -0.25) is 0 Å². The zero-order chi connectivity index (χ0) is 15.6. The van der Waals surface area contributed by atoms with Crippen molar-refractivity contribution in [3.05, 3.63) is 33.8 Å². The number of hydrogen-bond acceptors (Lipinski definition) is 5. The summed E-state index contributed by atoms with van der Waals surface area (Å²) in [5.74, 6) is 2.63. The maximum atomic E-state index is 4.74. The highest BCUT2D eigenvalue weighted by molar-refractivity contribution is 7.07. The van der Waals surface area contributed by atoms with Crippen LogP contribution in [0.15, 0.2) is 16.8 Å². The number of hydrogen-bond donors (Lipinski definition) is 2. The van der Waals surface area contributed by atoms with Gasteiger partial charge >= 0.3 is 0 Å². The smallest absolute Gasteiger partial charge is 0.138 e. The molecule has 2 N–H and O–H groups in total. The predicted molar refractivity (Wildman–Crippen MR) is 91.4 cm³/mol. The Hall–Kier alpha value is -1.62. The van der Waals surface area contributed by atoms with Gasteiger partial charge in [0, 0.05) is 18.0 Å². The first kappa shape index (κ1) is 15.8. The molecular formula is C16H24N4S. The Morgan fingerprint density at radius 2 is 1.86 bits per heavy atom. The Morgan fingerprint density at radius 1 is 1.19 bits per heavy atom. The van der Waals surface area contributed by atoms with Gasteiger partial charge in [0.2, 0.25) is 0 Å². The van der Waals surface area contributed by atoms with E-state index in [0.717, 1.165) is 23.0 Å². The van der Waals surface area contributed by atoms with Crippen LogP contribution in [0.3, 0.4) is 0 Å². The molecule has 0 amide bonds. The van der Waals surface area contributed by atoms with E-state index in [-0.39, 0.29) is 11.5 Å². The summed E-state index contributed by atoms with van der Waals surface area (Å²) in [7, 11) is 1.90. The topological polar surface area (TPSA) is 49.8 Å². The lowest BCUT2D eigenvalue weighted by Crippen LogP contribution is -2.20. The second kappa shape index (κ2) is 6.02. The fourth-order valence-electron chi connectivity index (χ4n) is 2.05. The Kier molecular flexibility index (Phi) is 4.52. The zero-order valence-electron chi connectivity index (χ0n) is 13.6. The largest absolute Gasteiger partial charge is 0.373 e. The maximum Gasteiger partial charge on any atom is 0.138 e. The highest BCUT2D eigenvalue weighted by Gasteiger charge is 2.21. The Bertz CT molecular complexity index is 599. The van der Waals surface area contributed by atoms with Gasteiger partial charge in [-0.05, 0) is 36.2 Å². The van der Waals surface area contributed by atoms with Crippen LogP contribution in [-0.2, 0) is 5.41 Å². The molecule has 1 atom stereocenters. The van der Waals surface area contributed by atoms with Crippen LogP contribution in [0, 0.1) is 6.92 Å². The van der Waals surface area contributed by atoms with Crippen LogP contribution >= 0.6 is 11.3 Å². The van der Waals surface area contributed by atoms with Crippen LogP contribution in [0.25, 0.3) is 0 Å². The molecule has 1 unspecified atom stereocenters. The molecule has 0 aromatic carbocycles. The van der Waals surface area contributed by atoms with E-state index in [4.69, 9.17) is 4.98 Å². The van der Waals surface area contributed by atoms with Gasteiger partial charge in [-0.1, -0.05) is 20.8 Å². The third-order valence-electron chi connectivity index (χ3n) is 3.45. The summed E-state index contributed by atoms with van der Waals surface area (Å²) in [6.45, 7) is 10.6. The molecule has 0 fully saturated rings. The molecule has 0 aliphatic rings. The van der Waals surface area contributed by atoms with Crippen LogP contribution in [-0.4, -0.2) is 17.0 Å². The van der Waals surface area contributed by atoms with Crippen molar-refractivity contribution in [3.63, 3.8) is 0 Å². The lowest BCUT2D eigenvalue weighted by molar-refractivity contribution is 0.545. The van der Waals surface area contributed by atoms with Crippen molar-refractivity contribution in [2.45, 2.75) is 46.1 Å². The summed E-state index contributed by atoms with van der Waals surface area (Å²) >= 11 is 1.71. The average molecular weight is 304 g/mol. The van der Waals surface area contributed by atoms with Crippen molar-refractivity contribution in [2.24, 2.45) is 0 Å². The van der Waals surface area contributed by atoms with Gasteiger partial charge in [-0.2, -0.15) is 11.3 Å². The second-order valence-corrected chi connectivity index (χ2v) is 7.07. The molecule has 2 aromatic heterocycles. The maximum absolute atomic E-state index is 4.74. The average Bonchev–Trinajstić information content (AvgIpc) is 2.93. The van der Waals surface area contributed by atoms with Crippen LogP contribution in [0.2, 0.25) is 0 Å². The van der Waals surface area contributed by atoms with Gasteiger partial charge in [-0.15, -0.1) is 0 Å². The van der Waals surface area contributed by atoms with Gasteiger partial charge in [-0.25, -0.2) is 9.97 Å². The molecule has 2 aromatic rings. The van der Waals surface area contributed by atoms with Crippen molar-refractivity contribution in [1.29, 1.82) is 0 Å². The van der Waals surface area contributed by atoms with Crippen LogP contribution in [0.4, 0.5) is 11.6 Å². The van der Waals surface area contributed by atoms with E-state index in [1.807, 2.05) is 14.0 Å². The number of nitrogens with one attached hydrogen (secondary N) is 2. The Balaban J connectivity index is 2.38. The minimum Gasteiger partial charge on any atom is -0.373 e. The van der Waals surface area contributed by atoms with Gasteiger partial charge in [0.25, 0.3) is 0 Å². The van der Waals surface area contributed by atoms with E-state index < -0.39 is 0 Å².